The number of hydrogen-bond acceptors (Lipinski definition) is 2. The zero-order chi connectivity index (χ0) is 12.6. The van der Waals surface area contributed by atoms with Crippen molar-refractivity contribution in [1.82, 2.24) is 14.3 Å². The van der Waals surface area contributed by atoms with Crippen molar-refractivity contribution in [1.29, 1.82) is 0 Å². The fraction of sp³-hybridized carbons (Fsp3) is 0.333. The van der Waals surface area contributed by atoms with Gasteiger partial charge in [-0.05, 0) is 12.1 Å². The van der Waals surface area contributed by atoms with E-state index >= 15 is 0 Å². The van der Waals surface area contributed by atoms with E-state index in [1.54, 1.807) is 30.8 Å². The Bertz CT molecular complexity index is 574. The van der Waals surface area contributed by atoms with Gasteiger partial charge in [-0.25, -0.2) is 9.37 Å². The molecule has 0 spiro atoms. The van der Waals surface area contributed by atoms with Crippen molar-refractivity contribution in [3.05, 3.63) is 35.7 Å². The lowest BCUT2D eigenvalue weighted by atomic mass is 10.3. The minimum atomic E-state index is -0.426. The van der Waals surface area contributed by atoms with Crippen molar-refractivity contribution < 1.29 is 9.18 Å². The first kappa shape index (κ1) is 11.6. The van der Waals surface area contributed by atoms with Gasteiger partial charge in [0.05, 0.1) is 0 Å². The van der Waals surface area contributed by atoms with Crippen molar-refractivity contribution in [2.75, 3.05) is 14.1 Å². The maximum Gasteiger partial charge on any atom is 0.274 e. The Morgan fingerprint density at radius 1 is 1.53 bits per heavy atom. The average molecular weight is 235 g/mol. The predicted molar refractivity (Wildman–Crippen MR) is 62.5 cm³/mol. The third kappa shape index (κ3) is 1.77. The van der Waals surface area contributed by atoms with Crippen LogP contribution in [0.15, 0.2) is 18.3 Å². The van der Waals surface area contributed by atoms with Gasteiger partial charge < -0.3 is 9.30 Å². The van der Waals surface area contributed by atoms with Crippen LogP contribution in [0.25, 0.3) is 5.52 Å². The summed E-state index contributed by atoms with van der Waals surface area (Å²) < 4.78 is 15.4. The molecule has 0 saturated heterocycles. The van der Waals surface area contributed by atoms with Crippen LogP contribution in [0.5, 0.6) is 0 Å². The van der Waals surface area contributed by atoms with Gasteiger partial charge in [-0.15, -0.1) is 0 Å². The highest BCUT2D eigenvalue weighted by atomic mass is 19.1. The molecule has 0 N–H and O–H groups in total. The van der Waals surface area contributed by atoms with E-state index in [1.165, 1.54) is 11.0 Å². The number of fused-ring (bicyclic) bond motifs is 1. The Hall–Kier alpha value is -1.91. The molecule has 0 aliphatic heterocycles. The number of pyridine rings is 1. The lowest BCUT2D eigenvalue weighted by Crippen LogP contribution is -2.22. The van der Waals surface area contributed by atoms with Crippen molar-refractivity contribution in [2.45, 2.75) is 13.3 Å². The Morgan fingerprint density at radius 2 is 2.24 bits per heavy atom. The molecule has 5 heteroatoms. The van der Waals surface area contributed by atoms with E-state index in [4.69, 9.17) is 0 Å². The Morgan fingerprint density at radius 3 is 2.82 bits per heavy atom. The molecule has 17 heavy (non-hydrogen) atoms. The molecule has 90 valence electrons. The van der Waals surface area contributed by atoms with Gasteiger partial charge >= 0.3 is 0 Å². The summed E-state index contributed by atoms with van der Waals surface area (Å²) in [4.78, 5) is 17.5. The molecular formula is C12H14FN3O. The first-order valence-corrected chi connectivity index (χ1v) is 5.43. The van der Waals surface area contributed by atoms with E-state index < -0.39 is 5.82 Å². The maximum atomic E-state index is 13.8. The van der Waals surface area contributed by atoms with Gasteiger partial charge in [-0.2, -0.15) is 0 Å². The van der Waals surface area contributed by atoms with E-state index in [0.717, 1.165) is 0 Å². The quantitative estimate of drug-likeness (QED) is 0.795. The smallest absolute Gasteiger partial charge is 0.274 e. The largest absolute Gasteiger partial charge is 0.343 e. The molecule has 0 aliphatic rings. The van der Waals surface area contributed by atoms with Gasteiger partial charge in [0.2, 0.25) is 0 Å². The van der Waals surface area contributed by atoms with Crippen LogP contribution < -0.4 is 0 Å². The fourth-order valence-corrected chi connectivity index (χ4v) is 1.77. The molecule has 2 heterocycles. The molecule has 2 rings (SSSR count). The van der Waals surface area contributed by atoms with Crippen LogP contribution in [-0.4, -0.2) is 34.3 Å². The first-order chi connectivity index (χ1) is 8.06. The predicted octanol–water partition coefficient (Wildman–Crippen LogP) is 1.74. The summed E-state index contributed by atoms with van der Waals surface area (Å²) in [5, 5.41) is 0. The zero-order valence-electron chi connectivity index (χ0n) is 10.1. The number of amides is 1. The van der Waals surface area contributed by atoms with Gasteiger partial charge in [0, 0.05) is 26.7 Å². The average Bonchev–Trinajstić information content (AvgIpc) is 2.68. The lowest BCUT2D eigenvalue weighted by molar-refractivity contribution is 0.0824. The second-order valence-electron chi connectivity index (χ2n) is 4.00. The van der Waals surface area contributed by atoms with Gasteiger partial charge in [0.1, 0.15) is 17.2 Å². The Balaban J connectivity index is 2.76. The summed E-state index contributed by atoms with van der Waals surface area (Å²) in [5.74, 6) is -0.0260. The van der Waals surface area contributed by atoms with Crippen molar-refractivity contribution >= 4 is 11.4 Å². The molecule has 0 radical (unpaired) electrons. The molecule has 0 aliphatic carbocycles. The molecular weight excluding hydrogens is 221 g/mol. The highest BCUT2D eigenvalue weighted by Gasteiger charge is 2.20. The highest BCUT2D eigenvalue weighted by molar-refractivity contribution is 5.99. The van der Waals surface area contributed by atoms with Crippen LogP contribution in [0.4, 0.5) is 4.39 Å². The van der Waals surface area contributed by atoms with Crippen molar-refractivity contribution in [3.8, 4) is 0 Å². The number of carbonyl (C=O) groups excluding carboxylic acids is 1. The molecule has 2 aromatic heterocycles. The van der Waals surface area contributed by atoms with Crippen LogP contribution in [-0.2, 0) is 6.42 Å². The van der Waals surface area contributed by atoms with E-state index in [2.05, 4.69) is 4.98 Å². The first-order valence-electron chi connectivity index (χ1n) is 5.43. The van der Waals surface area contributed by atoms with Crippen LogP contribution in [0, 0.1) is 5.82 Å². The minimum Gasteiger partial charge on any atom is -0.343 e. The molecule has 0 atom stereocenters. The Labute approximate surface area is 98.7 Å². The summed E-state index contributed by atoms with van der Waals surface area (Å²) >= 11 is 0. The number of aryl methyl sites for hydroxylation is 1. The molecule has 1 amide bonds. The second kappa shape index (κ2) is 4.16. The third-order valence-electron chi connectivity index (χ3n) is 2.61. The van der Waals surface area contributed by atoms with Crippen molar-refractivity contribution in [2.24, 2.45) is 0 Å². The summed E-state index contributed by atoms with van der Waals surface area (Å²) in [5.41, 5.74) is 0.424. The molecule has 0 unspecified atom stereocenters. The lowest BCUT2D eigenvalue weighted by Gasteiger charge is -2.07. The monoisotopic (exact) mass is 235 g/mol. The summed E-state index contributed by atoms with van der Waals surface area (Å²) in [6.07, 6.45) is 2.36. The van der Waals surface area contributed by atoms with Crippen LogP contribution in [0.1, 0.15) is 23.2 Å². The number of carbonyl (C=O) groups is 1. The standard InChI is InChI=1S/C12H14FN3O/c1-4-9-14-10(12(17)15(2)3)11-8(13)6-5-7-16(9)11/h5-7H,4H2,1-3H3. The fourth-order valence-electron chi connectivity index (χ4n) is 1.77. The SMILES string of the molecule is CCc1nc(C(=O)N(C)C)c2c(F)cccn12. The van der Waals surface area contributed by atoms with E-state index in [1.807, 2.05) is 6.92 Å². The van der Waals surface area contributed by atoms with Gasteiger partial charge in [-0.3, -0.25) is 4.79 Å². The Kier molecular flexibility index (Phi) is 2.83. The molecule has 0 aromatic carbocycles. The number of aromatic nitrogens is 2. The van der Waals surface area contributed by atoms with Gasteiger partial charge in [0.15, 0.2) is 5.69 Å². The molecule has 2 aromatic rings. The summed E-state index contributed by atoms with van der Waals surface area (Å²) in [7, 11) is 3.25. The topological polar surface area (TPSA) is 37.6 Å². The maximum absolute atomic E-state index is 13.8. The molecule has 4 nitrogen and oxygen atoms in total. The summed E-state index contributed by atoms with van der Waals surface area (Å²) in [6, 6.07) is 2.94. The van der Waals surface area contributed by atoms with E-state index in [9.17, 15) is 9.18 Å². The van der Waals surface area contributed by atoms with Gasteiger partial charge in [-0.1, -0.05) is 6.92 Å². The van der Waals surface area contributed by atoms with Crippen LogP contribution >= 0.6 is 0 Å². The third-order valence-corrected chi connectivity index (χ3v) is 2.61. The highest BCUT2D eigenvalue weighted by Crippen LogP contribution is 2.18. The number of rotatable bonds is 2. The molecule has 0 fully saturated rings. The normalized spacial score (nSPS) is 10.8. The number of halogens is 1. The number of imidazole rings is 1. The van der Waals surface area contributed by atoms with E-state index in [0.29, 0.717) is 12.2 Å². The number of nitrogens with zero attached hydrogens (tertiary/aromatic N) is 3. The minimum absolute atomic E-state index is 0.171. The van der Waals surface area contributed by atoms with Crippen LogP contribution in [0.3, 0.4) is 0 Å². The van der Waals surface area contributed by atoms with Crippen molar-refractivity contribution in [3.63, 3.8) is 0 Å². The van der Waals surface area contributed by atoms with Gasteiger partial charge in [0.25, 0.3) is 5.91 Å². The second-order valence-corrected chi connectivity index (χ2v) is 4.00. The van der Waals surface area contributed by atoms with E-state index in [-0.39, 0.29) is 17.1 Å². The van der Waals surface area contributed by atoms with Crippen LogP contribution in [0.2, 0.25) is 0 Å². The number of hydrogen-bond donors (Lipinski definition) is 0. The molecule has 0 saturated carbocycles. The summed E-state index contributed by atoms with van der Waals surface area (Å²) in [6.45, 7) is 1.92. The molecule has 0 bridgehead atoms. The zero-order valence-corrected chi connectivity index (χ0v) is 10.1.